The lowest BCUT2D eigenvalue weighted by molar-refractivity contribution is -0.125. The first-order chi connectivity index (χ1) is 6.77. The maximum Gasteiger partial charge on any atom is 0.237 e. The molecule has 1 unspecified atom stereocenters. The number of amides is 1. The third-order valence-corrected chi connectivity index (χ3v) is 3.52. The molecule has 1 fully saturated rings. The monoisotopic (exact) mass is 210 g/mol. The summed E-state index contributed by atoms with van der Waals surface area (Å²) in [5.41, 5.74) is 0. The number of thiophene rings is 1. The van der Waals surface area contributed by atoms with Gasteiger partial charge >= 0.3 is 0 Å². The van der Waals surface area contributed by atoms with E-state index < -0.39 is 0 Å². The average molecular weight is 210 g/mol. The lowest BCUT2D eigenvalue weighted by Crippen LogP contribution is -2.53. The molecule has 1 aromatic heterocycles. The summed E-state index contributed by atoms with van der Waals surface area (Å²) >= 11 is 1.68. The summed E-state index contributed by atoms with van der Waals surface area (Å²) in [5, 5.41) is 8.11. The fourth-order valence-electron chi connectivity index (χ4n) is 1.44. The van der Waals surface area contributed by atoms with Gasteiger partial charge in [-0.05, 0) is 31.3 Å². The van der Waals surface area contributed by atoms with E-state index >= 15 is 0 Å². The first kappa shape index (κ1) is 9.68. The molecule has 1 saturated heterocycles. The predicted octanol–water partition coefficient (Wildman–Crippen LogP) is 1.29. The van der Waals surface area contributed by atoms with E-state index in [2.05, 4.69) is 10.6 Å². The number of rotatable bonds is 3. The zero-order chi connectivity index (χ0) is 9.97. The molecular weight excluding hydrogens is 196 g/mol. The van der Waals surface area contributed by atoms with Crippen molar-refractivity contribution >= 4 is 17.2 Å². The van der Waals surface area contributed by atoms with Gasteiger partial charge in [-0.1, -0.05) is 6.07 Å². The van der Waals surface area contributed by atoms with Crippen molar-refractivity contribution in [2.45, 2.75) is 25.4 Å². The minimum Gasteiger partial charge on any atom is -0.347 e. The summed E-state index contributed by atoms with van der Waals surface area (Å²) in [5.74, 6) is 0.122. The number of hydrogen-bond acceptors (Lipinski definition) is 3. The zero-order valence-corrected chi connectivity index (χ0v) is 8.93. The average Bonchev–Trinajstić information content (AvgIpc) is 2.51. The van der Waals surface area contributed by atoms with Crippen LogP contribution in [-0.4, -0.2) is 18.5 Å². The number of nitrogens with one attached hydrogen (secondary N) is 2. The molecule has 0 aromatic carbocycles. The summed E-state index contributed by atoms with van der Waals surface area (Å²) < 4.78 is 0. The molecule has 2 rings (SSSR count). The molecule has 0 radical (unpaired) electrons. The number of carbonyl (C=O) groups is 1. The van der Waals surface area contributed by atoms with Crippen molar-refractivity contribution in [3.63, 3.8) is 0 Å². The van der Waals surface area contributed by atoms with Gasteiger partial charge < -0.3 is 10.6 Å². The third-order valence-electron chi connectivity index (χ3n) is 2.47. The highest BCUT2D eigenvalue weighted by Gasteiger charge is 2.25. The first-order valence-electron chi connectivity index (χ1n) is 4.84. The van der Waals surface area contributed by atoms with Gasteiger partial charge in [0.05, 0.1) is 12.1 Å². The fourth-order valence-corrected chi connectivity index (χ4v) is 2.17. The largest absolute Gasteiger partial charge is 0.347 e. The Kier molecular flexibility index (Phi) is 2.84. The molecule has 4 heteroatoms. The normalized spacial score (nSPS) is 22.5. The summed E-state index contributed by atoms with van der Waals surface area (Å²) in [4.78, 5) is 12.8. The van der Waals surface area contributed by atoms with Crippen LogP contribution in [0.25, 0.3) is 0 Å². The standard InChI is InChI=1S/C10H14N2OS/c1-7(9-3-2-6-14-9)12-10(13)8-4-5-11-8/h2-3,6-8,11H,4-5H2,1H3,(H,12,13)/t7-,8?/m1/s1. The van der Waals surface area contributed by atoms with Crippen LogP contribution in [0.1, 0.15) is 24.3 Å². The molecule has 2 atom stereocenters. The van der Waals surface area contributed by atoms with Crippen LogP contribution >= 0.6 is 11.3 Å². The van der Waals surface area contributed by atoms with Crippen molar-refractivity contribution in [3.05, 3.63) is 22.4 Å². The quantitative estimate of drug-likeness (QED) is 0.789. The van der Waals surface area contributed by atoms with E-state index in [9.17, 15) is 4.79 Å². The van der Waals surface area contributed by atoms with Crippen LogP contribution in [0.3, 0.4) is 0 Å². The minimum absolute atomic E-state index is 0.0393. The molecule has 76 valence electrons. The molecule has 2 heterocycles. The van der Waals surface area contributed by atoms with Crippen LogP contribution in [0.5, 0.6) is 0 Å². The summed E-state index contributed by atoms with van der Waals surface area (Å²) in [6.45, 7) is 2.98. The molecule has 1 aromatic rings. The van der Waals surface area contributed by atoms with E-state index in [1.165, 1.54) is 4.88 Å². The highest BCUT2D eigenvalue weighted by Crippen LogP contribution is 2.18. The van der Waals surface area contributed by atoms with E-state index in [-0.39, 0.29) is 18.0 Å². The Hall–Kier alpha value is -0.870. The van der Waals surface area contributed by atoms with Gasteiger partial charge in [-0.25, -0.2) is 0 Å². The Bertz CT molecular complexity index is 306. The van der Waals surface area contributed by atoms with Crippen LogP contribution in [0.4, 0.5) is 0 Å². The van der Waals surface area contributed by atoms with Crippen LogP contribution in [0, 0.1) is 0 Å². The van der Waals surface area contributed by atoms with E-state index in [1.807, 2.05) is 24.4 Å². The second kappa shape index (κ2) is 4.11. The lowest BCUT2D eigenvalue weighted by atomic mass is 10.1. The predicted molar refractivity (Wildman–Crippen MR) is 57.3 cm³/mol. The molecular formula is C10H14N2OS. The van der Waals surface area contributed by atoms with Gasteiger partial charge in [0.25, 0.3) is 0 Å². The van der Waals surface area contributed by atoms with Gasteiger partial charge in [-0.3, -0.25) is 4.79 Å². The van der Waals surface area contributed by atoms with Crippen molar-refractivity contribution in [1.82, 2.24) is 10.6 Å². The highest BCUT2D eigenvalue weighted by molar-refractivity contribution is 7.10. The molecule has 2 N–H and O–H groups in total. The first-order valence-corrected chi connectivity index (χ1v) is 5.72. The van der Waals surface area contributed by atoms with Crippen LogP contribution in [0.2, 0.25) is 0 Å². The van der Waals surface area contributed by atoms with E-state index in [0.29, 0.717) is 0 Å². The van der Waals surface area contributed by atoms with Gasteiger partial charge in [-0.2, -0.15) is 0 Å². The summed E-state index contributed by atoms with van der Waals surface area (Å²) in [6.07, 6.45) is 0.961. The van der Waals surface area contributed by atoms with Gasteiger partial charge in [0.1, 0.15) is 0 Å². The Morgan fingerprint density at radius 2 is 2.57 bits per heavy atom. The Morgan fingerprint density at radius 3 is 3.07 bits per heavy atom. The van der Waals surface area contributed by atoms with Crippen molar-refractivity contribution < 1.29 is 4.79 Å². The number of hydrogen-bond donors (Lipinski definition) is 2. The molecule has 0 spiro atoms. The van der Waals surface area contributed by atoms with Crippen LogP contribution in [-0.2, 0) is 4.79 Å². The van der Waals surface area contributed by atoms with Gasteiger partial charge in [-0.15, -0.1) is 11.3 Å². The van der Waals surface area contributed by atoms with Crippen LogP contribution < -0.4 is 10.6 Å². The zero-order valence-electron chi connectivity index (χ0n) is 8.12. The van der Waals surface area contributed by atoms with Gasteiger partial charge in [0, 0.05) is 4.88 Å². The molecule has 0 aliphatic carbocycles. The SMILES string of the molecule is C[C@@H](NC(=O)C1CCN1)c1cccs1. The van der Waals surface area contributed by atoms with Crippen molar-refractivity contribution in [2.75, 3.05) is 6.54 Å². The maximum absolute atomic E-state index is 11.6. The van der Waals surface area contributed by atoms with E-state index in [4.69, 9.17) is 0 Å². The Morgan fingerprint density at radius 1 is 1.79 bits per heavy atom. The Labute approximate surface area is 87.5 Å². The molecule has 3 nitrogen and oxygen atoms in total. The van der Waals surface area contributed by atoms with Crippen molar-refractivity contribution in [3.8, 4) is 0 Å². The summed E-state index contributed by atoms with van der Waals surface area (Å²) in [7, 11) is 0. The third kappa shape index (κ3) is 1.96. The highest BCUT2D eigenvalue weighted by atomic mass is 32.1. The molecule has 1 aliphatic heterocycles. The minimum atomic E-state index is 0.0393. The van der Waals surface area contributed by atoms with Gasteiger partial charge in [0.2, 0.25) is 5.91 Å². The lowest BCUT2D eigenvalue weighted by Gasteiger charge is -2.27. The fraction of sp³-hybridized carbons (Fsp3) is 0.500. The molecule has 1 aliphatic rings. The Balaban J connectivity index is 1.87. The number of carbonyl (C=O) groups excluding carboxylic acids is 1. The summed E-state index contributed by atoms with van der Waals surface area (Å²) in [6, 6.07) is 4.22. The second-order valence-corrected chi connectivity index (χ2v) is 4.52. The van der Waals surface area contributed by atoms with E-state index in [0.717, 1.165) is 13.0 Å². The molecule has 0 bridgehead atoms. The van der Waals surface area contributed by atoms with Crippen molar-refractivity contribution in [1.29, 1.82) is 0 Å². The second-order valence-electron chi connectivity index (χ2n) is 3.54. The molecule has 1 amide bonds. The van der Waals surface area contributed by atoms with E-state index in [1.54, 1.807) is 11.3 Å². The topological polar surface area (TPSA) is 41.1 Å². The molecule has 0 saturated carbocycles. The van der Waals surface area contributed by atoms with Crippen molar-refractivity contribution in [2.24, 2.45) is 0 Å². The van der Waals surface area contributed by atoms with Crippen LogP contribution in [0.15, 0.2) is 17.5 Å². The smallest absolute Gasteiger partial charge is 0.237 e. The maximum atomic E-state index is 11.6. The van der Waals surface area contributed by atoms with Gasteiger partial charge in [0.15, 0.2) is 0 Å². The molecule has 14 heavy (non-hydrogen) atoms.